The zero-order chi connectivity index (χ0) is 58.4. The van der Waals surface area contributed by atoms with Gasteiger partial charge in [-0.1, -0.05) is 117 Å². The first-order valence-electron chi connectivity index (χ1n) is 29.4. The number of fused-ring (bicyclic) bond motifs is 13. The van der Waals surface area contributed by atoms with Gasteiger partial charge in [0.05, 0.1) is 5.41 Å². The van der Waals surface area contributed by atoms with E-state index in [2.05, 4.69) is 271 Å². The second-order valence-electron chi connectivity index (χ2n) is 25.0. The van der Waals surface area contributed by atoms with Gasteiger partial charge in [-0.25, -0.2) is 0 Å². The third-order valence-electron chi connectivity index (χ3n) is 16.8. The van der Waals surface area contributed by atoms with Crippen LogP contribution in [0.1, 0.15) is 111 Å². The van der Waals surface area contributed by atoms with Crippen molar-refractivity contribution >= 4 is 44.6 Å². The van der Waals surface area contributed by atoms with Gasteiger partial charge in [0.1, 0.15) is 0 Å². The van der Waals surface area contributed by atoms with Crippen LogP contribution in [0.15, 0.2) is 216 Å². The summed E-state index contributed by atoms with van der Waals surface area (Å²) in [6.45, 7) is 17.8. The molecule has 1 aliphatic carbocycles. The summed E-state index contributed by atoms with van der Waals surface area (Å²) in [6, 6.07) is 71.6. The number of pyridine rings is 1. The summed E-state index contributed by atoms with van der Waals surface area (Å²) in [5, 5.41) is 2.02. The molecule has 0 fully saturated rings. The molecule has 0 saturated carbocycles. The molecule has 0 unspecified atom stereocenters. The quantitative estimate of drug-likeness (QED) is 0.166. The summed E-state index contributed by atoms with van der Waals surface area (Å²) in [5.74, 6) is 1.81. The predicted octanol–water partition coefficient (Wildman–Crippen LogP) is 19.5. The Hall–Kier alpha value is -7.76. The molecular formula is C74H64N4OPtS. The third kappa shape index (κ3) is 8.22. The van der Waals surface area contributed by atoms with Gasteiger partial charge in [-0.15, -0.1) is 0 Å². The van der Waals surface area contributed by atoms with E-state index >= 15 is 0 Å². The Bertz CT molecular complexity index is 4680. The SMILES string of the molecule is [2H]C([2H])([2H])c1cc(-n2c3cc(Oc4cccc(-n5[c](=[Pt])n(-c6cc(C(C)(C)C)cc(C(C)(C)C)c6)c6ccccc65)c4)ccc3c3cc4c(cc32)C2(c3ccccc3Sc3ccccc32)c2ccccc2-4)ncc1-c1ccc(C(C)(C)C)cc1. The molecule has 0 saturated heterocycles. The Morgan fingerprint density at radius 2 is 1.05 bits per heavy atom. The Morgan fingerprint density at radius 1 is 0.457 bits per heavy atom. The maximum absolute atomic E-state index is 9.07. The van der Waals surface area contributed by atoms with Crippen LogP contribution in [0.2, 0.25) is 0 Å². The second kappa shape index (κ2) is 18.6. The number of nitrogens with zero attached hydrogens (tertiary/aromatic N) is 4. The van der Waals surface area contributed by atoms with Crippen molar-refractivity contribution in [3.63, 3.8) is 0 Å². The van der Waals surface area contributed by atoms with Crippen LogP contribution in [0.4, 0.5) is 0 Å². The van der Waals surface area contributed by atoms with E-state index in [0.29, 0.717) is 22.9 Å². The molecule has 12 aromatic rings. The first-order chi connectivity index (χ1) is 40.1. The Morgan fingerprint density at radius 3 is 1.70 bits per heavy atom. The fourth-order valence-electron chi connectivity index (χ4n) is 12.6. The zero-order valence-corrected chi connectivity index (χ0v) is 50.1. The van der Waals surface area contributed by atoms with Gasteiger partial charge in [-0.05, 0) is 74.5 Å². The molecule has 3 aromatic heterocycles. The molecule has 402 valence electrons. The number of hydrogen-bond acceptors (Lipinski definition) is 3. The molecular weight excluding hydrogens is 1190 g/mol. The fraction of sp³-hybridized carbons (Fsp3) is 0.189. The molecule has 0 bridgehead atoms. The maximum atomic E-state index is 9.07. The minimum Gasteiger partial charge on any atom is -0.0894 e. The fourth-order valence-corrected chi connectivity index (χ4v) is 15.0. The van der Waals surface area contributed by atoms with E-state index in [9.17, 15) is 0 Å². The number of rotatable bonds is 6. The van der Waals surface area contributed by atoms with Crippen LogP contribution in [0.3, 0.4) is 0 Å². The molecule has 0 atom stereocenters. The number of ether oxygens (including phenoxy) is 1. The molecule has 4 heterocycles. The molecule has 1 aliphatic heterocycles. The van der Waals surface area contributed by atoms with Crippen molar-refractivity contribution in [2.45, 2.75) is 101 Å². The van der Waals surface area contributed by atoms with E-state index in [1.165, 1.54) is 59.9 Å². The average Bonchev–Trinajstić information content (AvgIpc) is 1.52. The molecule has 9 aromatic carbocycles. The smallest absolute Gasteiger partial charge is 0.0894 e. The normalized spacial score (nSPS) is 14.4. The van der Waals surface area contributed by atoms with Crippen molar-refractivity contribution in [1.29, 1.82) is 0 Å². The van der Waals surface area contributed by atoms with E-state index < -0.39 is 12.3 Å². The molecule has 0 N–H and O–H groups in total. The van der Waals surface area contributed by atoms with Crippen molar-refractivity contribution in [2.75, 3.05) is 0 Å². The van der Waals surface area contributed by atoms with E-state index in [0.717, 1.165) is 53.6 Å². The predicted molar refractivity (Wildman–Crippen MR) is 332 cm³/mol. The van der Waals surface area contributed by atoms with Crippen molar-refractivity contribution in [3.05, 3.63) is 255 Å². The molecule has 1 spiro atoms. The summed E-state index contributed by atoms with van der Waals surface area (Å²) >= 11 is 4.31. The Kier molecular flexibility index (Phi) is 11.0. The number of para-hydroxylation sites is 2. The van der Waals surface area contributed by atoms with Gasteiger partial charge in [-0.2, -0.15) is 0 Å². The van der Waals surface area contributed by atoms with E-state index in [1.54, 1.807) is 12.3 Å². The zero-order valence-electron chi connectivity index (χ0n) is 50.1. The molecule has 5 nitrogen and oxygen atoms in total. The number of aryl methyl sites for hydroxylation is 1. The number of aromatic nitrogens is 4. The van der Waals surface area contributed by atoms with Crippen molar-refractivity contribution in [2.24, 2.45) is 0 Å². The molecule has 0 amide bonds. The van der Waals surface area contributed by atoms with Gasteiger partial charge in [0.25, 0.3) is 0 Å². The summed E-state index contributed by atoms with van der Waals surface area (Å²) < 4.78 is 42.1. The van der Waals surface area contributed by atoms with Crippen LogP contribution in [0.5, 0.6) is 11.5 Å². The van der Waals surface area contributed by atoms with Gasteiger partial charge in [0.15, 0.2) is 0 Å². The van der Waals surface area contributed by atoms with Gasteiger partial charge >= 0.3 is 275 Å². The van der Waals surface area contributed by atoms with E-state index in [4.69, 9.17) is 13.8 Å². The van der Waals surface area contributed by atoms with Gasteiger partial charge in [-0.3, -0.25) is 0 Å². The summed E-state index contributed by atoms with van der Waals surface area (Å²) in [7, 11) is 0. The molecule has 14 rings (SSSR count). The molecule has 81 heavy (non-hydrogen) atoms. The van der Waals surface area contributed by atoms with Gasteiger partial charge in [0.2, 0.25) is 0 Å². The summed E-state index contributed by atoms with van der Waals surface area (Å²) in [6.07, 6.45) is 1.75. The van der Waals surface area contributed by atoms with Crippen molar-refractivity contribution in [1.82, 2.24) is 18.7 Å². The van der Waals surface area contributed by atoms with Gasteiger partial charge in [0, 0.05) is 25.7 Å². The van der Waals surface area contributed by atoms with Crippen molar-refractivity contribution in [3.8, 4) is 50.9 Å². The third-order valence-corrected chi connectivity index (χ3v) is 19.0. The minimum absolute atomic E-state index is 0.0476. The van der Waals surface area contributed by atoms with Crippen LogP contribution >= 0.6 is 11.8 Å². The number of hydrogen-bond donors (Lipinski definition) is 0. The van der Waals surface area contributed by atoms with Gasteiger partial charge < -0.3 is 0 Å². The van der Waals surface area contributed by atoms with Crippen molar-refractivity contribution < 1.29 is 28.2 Å². The van der Waals surface area contributed by atoms with E-state index in [-0.39, 0.29) is 21.8 Å². The minimum atomic E-state index is -2.46. The average molecular weight is 1260 g/mol. The topological polar surface area (TPSA) is 36.9 Å². The van der Waals surface area contributed by atoms with Crippen LogP contribution in [-0.2, 0) is 41.0 Å². The van der Waals surface area contributed by atoms with E-state index in [1.807, 2.05) is 30.0 Å². The molecule has 0 radical (unpaired) electrons. The Labute approximate surface area is 494 Å². The number of imidazole rings is 1. The monoisotopic (exact) mass is 1250 g/mol. The molecule has 7 heteroatoms. The summed E-state index contributed by atoms with van der Waals surface area (Å²) in [4.78, 5) is 7.71. The second-order valence-corrected chi connectivity index (χ2v) is 27.1. The standard InChI is InChI=1S/C74H64N4OS.Pt/c1-46-36-70(75-44-59(46)47-30-32-48(33-31-47)71(2,3)4)78-66-41-54(79-53-21-19-20-51(40-53)76-45-77(65-27-16-15-26-64(65)76)52-38-49(72(5,6)7)37-50(39-52)73(8,9)10)34-35-56(66)58-42-57-55-22-11-12-23-60(55)74(63(57)43-67(58)78)61-24-13-17-28-68(61)80-69-29-18-14-25-62(69)74;/h11-44H,1-10H3;/i1D3;. The first kappa shape index (κ1) is 48.0. The number of benzene rings is 9. The van der Waals surface area contributed by atoms with Crippen LogP contribution in [0.25, 0.3) is 72.3 Å². The Balaban J connectivity index is 0.963. The summed E-state index contributed by atoms with van der Waals surface area (Å²) in [5.41, 5.74) is 17.9. The first-order valence-corrected chi connectivity index (χ1v) is 29.9. The van der Waals surface area contributed by atoms with Crippen LogP contribution in [0, 0.1) is 10.7 Å². The molecule has 2 aliphatic rings. The van der Waals surface area contributed by atoms with Crippen LogP contribution < -0.4 is 4.74 Å². The van der Waals surface area contributed by atoms with Crippen LogP contribution in [-0.4, -0.2) is 18.7 Å².